The second-order valence-corrected chi connectivity index (χ2v) is 6.82. The molecule has 6 heteroatoms. The number of carbonyl (C=O) groups is 2. The summed E-state index contributed by atoms with van der Waals surface area (Å²) in [6.45, 7) is 5.29. The van der Waals surface area contributed by atoms with Crippen molar-refractivity contribution in [3.63, 3.8) is 0 Å². The van der Waals surface area contributed by atoms with E-state index < -0.39 is 17.8 Å². The molecule has 1 aliphatic carbocycles. The molecule has 0 fully saturated rings. The number of ether oxygens (including phenoxy) is 2. The van der Waals surface area contributed by atoms with E-state index in [1.165, 1.54) is 19.2 Å². The summed E-state index contributed by atoms with van der Waals surface area (Å²) in [6, 6.07) is 8.12. The van der Waals surface area contributed by atoms with E-state index in [-0.39, 0.29) is 29.4 Å². The lowest BCUT2D eigenvalue weighted by atomic mass is 10.0. The van der Waals surface area contributed by atoms with Crippen LogP contribution in [-0.4, -0.2) is 24.9 Å². The number of rotatable bonds is 5. The highest BCUT2D eigenvalue weighted by Crippen LogP contribution is 2.40. The minimum Gasteiger partial charge on any atom is -0.495 e. The van der Waals surface area contributed by atoms with Crippen LogP contribution in [0.25, 0.3) is 0 Å². The highest BCUT2D eigenvalue weighted by atomic mass is 19.1. The monoisotopic (exact) mass is 371 g/mol. The second-order valence-electron chi connectivity index (χ2n) is 6.82. The van der Waals surface area contributed by atoms with Gasteiger partial charge >= 0.3 is 0 Å². The molecule has 2 atom stereocenters. The third-order valence-corrected chi connectivity index (χ3v) is 4.70. The molecule has 0 saturated carbocycles. The van der Waals surface area contributed by atoms with Crippen molar-refractivity contribution in [3.05, 3.63) is 52.8 Å². The fraction of sp³-hybridized carbons (Fsp3) is 0.333. The van der Waals surface area contributed by atoms with E-state index in [9.17, 15) is 14.0 Å². The zero-order valence-corrected chi connectivity index (χ0v) is 15.8. The molecule has 1 N–H and O–H groups in total. The smallest absolute Gasteiger partial charge is 0.265 e. The lowest BCUT2D eigenvalue weighted by molar-refractivity contribution is -0.122. The normalized spacial score (nSPS) is 16.6. The maximum atomic E-state index is 14.1. The Morgan fingerprint density at radius 1 is 1.26 bits per heavy atom. The van der Waals surface area contributed by atoms with Gasteiger partial charge < -0.3 is 14.8 Å². The standard InChI is InChI=1S/C21H22FNO4/c1-11-5-7-17(26-4)15(9-11)23-21(25)13(3)27-18-8-6-14(22)19-12(2)10-16(24)20(18)19/h5-9,12-13H,10H2,1-4H3,(H,23,25)/t12-,13+/m1/s1. The Balaban J connectivity index is 1.81. The molecule has 0 saturated heterocycles. The van der Waals surface area contributed by atoms with Gasteiger partial charge in [-0.05, 0) is 49.6 Å². The molecule has 3 rings (SSSR count). The number of methoxy groups -OCH3 is 1. The number of hydrogen-bond acceptors (Lipinski definition) is 4. The molecule has 0 spiro atoms. The molecular weight excluding hydrogens is 349 g/mol. The molecule has 0 heterocycles. The zero-order chi connectivity index (χ0) is 19.7. The number of hydrogen-bond donors (Lipinski definition) is 1. The molecule has 0 unspecified atom stereocenters. The number of ketones is 1. The first-order valence-electron chi connectivity index (χ1n) is 8.79. The molecule has 0 aliphatic heterocycles. The Morgan fingerprint density at radius 2 is 1.96 bits per heavy atom. The quantitative estimate of drug-likeness (QED) is 0.854. The van der Waals surface area contributed by atoms with E-state index in [1.54, 1.807) is 26.0 Å². The Kier molecular flexibility index (Phi) is 5.17. The lowest BCUT2D eigenvalue weighted by Gasteiger charge is -2.18. The second kappa shape index (κ2) is 7.39. The molecule has 0 aromatic heterocycles. The van der Waals surface area contributed by atoms with Crippen molar-refractivity contribution in [2.24, 2.45) is 0 Å². The number of anilines is 1. The summed E-state index contributed by atoms with van der Waals surface area (Å²) in [5, 5.41) is 2.77. The highest BCUT2D eigenvalue weighted by molar-refractivity contribution is 6.04. The first-order chi connectivity index (χ1) is 12.8. The topological polar surface area (TPSA) is 64.6 Å². The molecule has 0 radical (unpaired) electrons. The maximum Gasteiger partial charge on any atom is 0.265 e. The molecule has 5 nitrogen and oxygen atoms in total. The van der Waals surface area contributed by atoms with Crippen molar-refractivity contribution in [3.8, 4) is 11.5 Å². The summed E-state index contributed by atoms with van der Waals surface area (Å²) in [4.78, 5) is 24.8. The Morgan fingerprint density at radius 3 is 2.67 bits per heavy atom. The lowest BCUT2D eigenvalue weighted by Crippen LogP contribution is -2.30. The summed E-state index contributed by atoms with van der Waals surface area (Å²) in [5.74, 6) is -0.406. The molecule has 1 aliphatic rings. The van der Waals surface area contributed by atoms with E-state index in [2.05, 4.69) is 5.32 Å². The van der Waals surface area contributed by atoms with E-state index in [1.807, 2.05) is 13.0 Å². The summed E-state index contributed by atoms with van der Waals surface area (Å²) < 4.78 is 25.1. The Labute approximate surface area is 157 Å². The van der Waals surface area contributed by atoms with Crippen LogP contribution >= 0.6 is 0 Å². The number of benzene rings is 2. The van der Waals surface area contributed by atoms with Gasteiger partial charge in [0.15, 0.2) is 11.9 Å². The molecule has 142 valence electrons. The van der Waals surface area contributed by atoms with Gasteiger partial charge in [-0.25, -0.2) is 4.39 Å². The summed E-state index contributed by atoms with van der Waals surface area (Å²) in [6.07, 6.45) is -0.637. The van der Waals surface area contributed by atoms with Gasteiger partial charge in [-0.15, -0.1) is 0 Å². The summed E-state index contributed by atoms with van der Waals surface area (Å²) >= 11 is 0. The van der Waals surface area contributed by atoms with Crippen LogP contribution in [0.5, 0.6) is 11.5 Å². The van der Waals surface area contributed by atoms with Gasteiger partial charge in [0.2, 0.25) is 0 Å². The van der Waals surface area contributed by atoms with Crippen LogP contribution in [-0.2, 0) is 4.79 Å². The fourth-order valence-corrected chi connectivity index (χ4v) is 3.32. The number of carbonyl (C=O) groups excluding carboxylic acids is 2. The van der Waals surface area contributed by atoms with Crippen molar-refractivity contribution in [2.75, 3.05) is 12.4 Å². The Bertz CT molecular complexity index is 909. The van der Waals surface area contributed by atoms with Crippen molar-refractivity contribution in [1.82, 2.24) is 0 Å². The number of amides is 1. The minimum atomic E-state index is -0.881. The van der Waals surface area contributed by atoms with Crippen molar-refractivity contribution < 1.29 is 23.5 Å². The Hall–Kier alpha value is -2.89. The molecule has 2 aromatic carbocycles. The minimum absolute atomic E-state index is 0.167. The van der Waals surface area contributed by atoms with E-state index in [0.29, 0.717) is 17.0 Å². The van der Waals surface area contributed by atoms with Gasteiger partial charge in [0.05, 0.1) is 18.4 Å². The molecule has 0 bridgehead atoms. The van der Waals surface area contributed by atoms with Gasteiger partial charge in [0.1, 0.15) is 17.3 Å². The van der Waals surface area contributed by atoms with E-state index >= 15 is 0 Å². The summed E-state index contributed by atoms with van der Waals surface area (Å²) in [5.41, 5.74) is 2.11. The number of Topliss-reactive ketones (excluding diaryl/α,β-unsaturated/α-hetero) is 1. The van der Waals surface area contributed by atoms with Gasteiger partial charge in [0.25, 0.3) is 5.91 Å². The van der Waals surface area contributed by atoms with Crippen LogP contribution in [0.15, 0.2) is 30.3 Å². The highest BCUT2D eigenvalue weighted by Gasteiger charge is 2.33. The number of halogens is 1. The van der Waals surface area contributed by atoms with Crippen LogP contribution in [0.1, 0.15) is 47.7 Å². The van der Waals surface area contributed by atoms with Gasteiger partial charge in [-0.2, -0.15) is 0 Å². The molecule has 27 heavy (non-hydrogen) atoms. The van der Waals surface area contributed by atoms with Gasteiger partial charge in [-0.1, -0.05) is 13.0 Å². The van der Waals surface area contributed by atoms with Crippen LogP contribution in [0.2, 0.25) is 0 Å². The van der Waals surface area contributed by atoms with Crippen LogP contribution in [0.3, 0.4) is 0 Å². The van der Waals surface area contributed by atoms with Gasteiger partial charge in [-0.3, -0.25) is 9.59 Å². The van der Waals surface area contributed by atoms with Crippen LogP contribution in [0, 0.1) is 12.7 Å². The van der Waals surface area contributed by atoms with Gasteiger partial charge in [0, 0.05) is 12.0 Å². The van der Waals surface area contributed by atoms with Crippen molar-refractivity contribution >= 4 is 17.4 Å². The third-order valence-electron chi connectivity index (χ3n) is 4.70. The predicted molar refractivity (Wildman–Crippen MR) is 100 cm³/mol. The molecule has 1 amide bonds. The number of aryl methyl sites for hydroxylation is 1. The van der Waals surface area contributed by atoms with Crippen molar-refractivity contribution in [1.29, 1.82) is 0 Å². The largest absolute Gasteiger partial charge is 0.495 e. The third kappa shape index (κ3) is 3.65. The molecule has 2 aromatic rings. The molecular formula is C21H22FNO4. The van der Waals surface area contributed by atoms with E-state index in [4.69, 9.17) is 9.47 Å². The van der Waals surface area contributed by atoms with Crippen molar-refractivity contribution in [2.45, 2.75) is 39.2 Å². The van der Waals surface area contributed by atoms with E-state index in [0.717, 1.165) is 5.56 Å². The summed E-state index contributed by atoms with van der Waals surface area (Å²) in [7, 11) is 1.52. The number of nitrogens with one attached hydrogen (secondary N) is 1. The average Bonchev–Trinajstić information content (AvgIpc) is 2.93. The first-order valence-corrected chi connectivity index (χ1v) is 8.79. The zero-order valence-electron chi connectivity index (χ0n) is 15.8. The average molecular weight is 371 g/mol. The maximum absolute atomic E-state index is 14.1. The predicted octanol–water partition coefficient (Wildman–Crippen LogP) is 4.24. The SMILES string of the molecule is COc1ccc(C)cc1NC(=O)[C@H](C)Oc1ccc(F)c2c1C(=O)C[C@H]2C. The number of fused-ring (bicyclic) bond motifs is 1. The van der Waals surface area contributed by atoms with Crippen LogP contribution < -0.4 is 14.8 Å². The van der Waals surface area contributed by atoms with Crippen LogP contribution in [0.4, 0.5) is 10.1 Å². The fourth-order valence-electron chi connectivity index (χ4n) is 3.32. The first kappa shape index (κ1) is 18.9.